The lowest BCUT2D eigenvalue weighted by atomic mass is 9.97. The summed E-state index contributed by atoms with van der Waals surface area (Å²) < 4.78 is 26.5. The molecule has 11 nitrogen and oxygen atoms in total. The Bertz CT molecular complexity index is 1010. The second kappa shape index (κ2) is 15.4. The predicted octanol–water partition coefficient (Wildman–Crippen LogP) is 5.37. The first-order chi connectivity index (χ1) is 18.4. The Kier molecular flexibility index (Phi) is 13.4. The molecule has 40 heavy (non-hydrogen) atoms. The highest BCUT2D eigenvalue weighted by molar-refractivity contribution is 5.76. The van der Waals surface area contributed by atoms with Gasteiger partial charge in [-0.2, -0.15) is 0 Å². The van der Waals surface area contributed by atoms with Crippen molar-refractivity contribution in [1.29, 1.82) is 0 Å². The third kappa shape index (κ3) is 12.2. The Balaban J connectivity index is 3.10. The molecule has 2 N–H and O–H groups in total. The van der Waals surface area contributed by atoms with E-state index in [1.54, 1.807) is 47.6 Å². The van der Waals surface area contributed by atoms with E-state index < -0.39 is 54.0 Å². The maximum Gasteiger partial charge on any atom is 0.514 e. The molecule has 0 radical (unpaired) electrons. The second-order valence-corrected chi connectivity index (χ2v) is 11.6. The molecule has 11 heteroatoms. The van der Waals surface area contributed by atoms with Gasteiger partial charge in [-0.05, 0) is 77.5 Å². The van der Waals surface area contributed by atoms with E-state index in [-0.39, 0.29) is 36.3 Å². The van der Waals surface area contributed by atoms with Crippen LogP contribution in [0.25, 0.3) is 0 Å². The normalized spacial score (nSPS) is 14.6. The van der Waals surface area contributed by atoms with Crippen molar-refractivity contribution in [1.82, 2.24) is 5.32 Å². The van der Waals surface area contributed by atoms with Crippen LogP contribution < -0.4 is 14.8 Å². The number of hydrogen-bond acceptors (Lipinski definition) is 10. The quantitative estimate of drug-likeness (QED) is 0.180. The molecule has 1 aromatic rings. The van der Waals surface area contributed by atoms with Crippen LogP contribution in [0.5, 0.6) is 11.5 Å². The molecule has 0 amide bonds. The predicted molar refractivity (Wildman–Crippen MR) is 147 cm³/mol. The highest BCUT2D eigenvalue weighted by Crippen LogP contribution is 2.30. The summed E-state index contributed by atoms with van der Waals surface area (Å²) in [6, 6.07) is 3.28. The Morgan fingerprint density at radius 1 is 0.800 bits per heavy atom. The van der Waals surface area contributed by atoms with Gasteiger partial charge in [0.1, 0.15) is 24.4 Å². The van der Waals surface area contributed by atoms with Gasteiger partial charge < -0.3 is 34.1 Å². The first kappa shape index (κ1) is 34.7. The smallest absolute Gasteiger partial charge is 0.480 e. The Hall–Kier alpha value is -3.34. The van der Waals surface area contributed by atoms with Crippen molar-refractivity contribution in [2.45, 2.75) is 100 Å². The fraction of sp³-hybridized carbons (Fsp3) is 0.655. The van der Waals surface area contributed by atoms with E-state index in [0.717, 1.165) is 0 Å². The van der Waals surface area contributed by atoms with Gasteiger partial charge in [-0.1, -0.05) is 33.8 Å². The Morgan fingerprint density at radius 3 is 1.75 bits per heavy atom. The van der Waals surface area contributed by atoms with Crippen LogP contribution in [-0.4, -0.2) is 60.3 Å². The molecule has 0 heterocycles. The molecule has 3 unspecified atom stereocenters. The summed E-state index contributed by atoms with van der Waals surface area (Å²) in [5.74, 6) is -1.67. The number of nitrogens with one attached hydrogen (secondary N) is 1. The van der Waals surface area contributed by atoms with E-state index in [1.807, 2.05) is 27.7 Å². The summed E-state index contributed by atoms with van der Waals surface area (Å²) in [5, 5.41) is 12.7. The minimum absolute atomic E-state index is 0.0157. The number of carbonyl (C=O) groups is 4. The molecular formula is C29H45NO10. The number of ether oxygens (including phenoxy) is 5. The molecule has 1 rings (SSSR count). The largest absolute Gasteiger partial charge is 0.514 e. The molecule has 0 aliphatic rings. The van der Waals surface area contributed by atoms with Crippen molar-refractivity contribution in [3.63, 3.8) is 0 Å². The van der Waals surface area contributed by atoms with E-state index in [0.29, 0.717) is 5.56 Å². The Labute approximate surface area is 236 Å². The molecule has 0 spiro atoms. The molecule has 0 fully saturated rings. The van der Waals surface area contributed by atoms with Crippen LogP contribution in [0.2, 0.25) is 0 Å². The fourth-order valence-corrected chi connectivity index (χ4v) is 2.84. The molecule has 0 aliphatic heterocycles. The topological polar surface area (TPSA) is 147 Å². The second-order valence-electron chi connectivity index (χ2n) is 11.6. The zero-order valence-corrected chi connectivity index (χ0v) is 25.2. The number of carboxylic acid groups (broad SMARTS) is 1. The highest BCUT2D eigenvalue weighted by Gasteiger charge is 2.27. The van der Waals surface area contributed by atoms with Gasteiger partial charge in [0.05, 0.1) is 5.41 Å². The maximum atomic E-state index is 12.4. The fourth-order valence-electron chi connectivity index (χ4n) is 2.84. The van der Waals surface area contributed by atoms with E-state index in [2.05, 4.69) is 5.32 Å². The number of hydrogen-bond donors (Lipinski definition) is 2. The average molecular weight is 568 g/mol. The van der Waals surface area contributed by atoms with E-state index in [9.17, 15) is 24.3 Å². The highest BCUT2D eigenvalue weighted by atomic mass is 16.7. The summed E-state index contributed by atoms with van der Waals surface area (Å²) >= 11 is 0. The molecule has 4 atom stereocenters. The van der Waals surface area contributed by atoms with Crippen LogP contribution >= 0.6 is 0 Å². The standard InChI is InChI=1S/C29H45NO10/c1-16(2)19(6)37-27(34)39-23-12-11-21(14-24(23)40-28(35)38-20(7)17(3)4)13-22(25(31)32)30-15-18(5)36-26(33)29(8,9)10/h11-12,14,16-20,22,30H,13,15H2,1-10H3,(H,31,32)/t18?,19?,20?,22-/m0/s1. The summed E-state index contributed by atoms with van der Waals surface area (Å²) in [6.45, 7) is 17.9. The number of carbonyl (C=O) groups excluding carboxylic acids is 3. The molecule has 0 aromatic heterocycles. The van der Waals surface area contributed by atoms with Crippen LogP contribution in [0.4, 0.5) is 9.59 Å². The van der Waals surface area contributed by atoms with Crippen molar-refractivity contribution in [2.75, 3.05) is 6.54 Å². The summed E-state index contributed by atoms with van der Waals surface area (Å²) in [4.78, 5) is 48.8. The number of rotatable bonds is 13. The lowest BCUT2D eigenvalue weighted by Gasteiger charge is -2.23. The van der Waals surface area contributed by atoms with Crippen LogP contribution in [-0.2, 0) is 30.2 Å². The molecule has 0 saturated heterocycles. The number of esters is 1. The van der Waals surface area contributed by atoms with Crippen LogP contribution in [0.1, 0.15) is 74.8 Å². The van der Waals surface area contributed by atoms with Crippen molar-refractivity contribution in [2.24, 2.45) is 17.3 Å². The van der Waals surface area contributed by atoms with Gasteiger partial charge in [0, 0.05) is 6.54 Å². The number of carboxylic acids is 1. The number of aliphatic carboxylic acids is 1. The molecule has 0 aliphatic carbocycles. The molecule has 0 bridgehead atoms. The van der Waals surface area contributed by atoms with Gasteiger partial charge in [-0.25, -0.2) is 9.59 Å². The minimum atomic E-state index is -1.13. The molecule has 226 valence electrons. The van der Waals surface area contributed by atoms with E-state index in [1.165, 1.54) is 12.1 Å². The third-order valence-electron chi connectivity index (χ3n) is 6.15. The maximum absolute atomic E-state index is 12.4. The molecule has 0 saturated carbocycles. The first-order valence-electron chi connectivity index (χ1n) is 13.5. The van der Waals surface area contributed by atoms with Crippen molar-refractivity contribution >= 4 is 24.2 Å². The minimum Gasteiger partial charge on any atom is -0.480 e. The van der Waals surface area contributed by atoms with Crippen LogP contribution in [0.3, 0.4) is 0 Å². The van der Waals surface area contributed by atoms with Crippen LogP contribution in [0, 0.1) is 17.3 Å². The third-order valence-corrected chi connectivity index (χ3v) is 6.15. The zero-order valence-electron chi connectivity index (χ0n) is 25.2. The monoisotopic (exact) mass is 567 g/mol. The van der Waals surface area contributed by atoms with Crippen molar-refractivity contribution in [3.05, 3.63) is 23.8 Å². The summed E-state index contributed by atoms with van der Waals surface area (Å²) in [6.07, 6.45) is -3.42. The van der Waals surface area contributed by atoms with Gasteiger partial charge in [0.2, 0.25) is 0 Å². The summed E-state index contributed by atoms with van der Waals surface area (Å²) in [7, 11) is 0. The Morgan fingerprint density at radius 2 is 1.30 bits per heavy atom. The first-order valence-corrected chi connectivity index (χ1v) is 13.5. The molecular weight excluding hydrogens is 522 g/mol. The SMILES string of the molecule is CC(CN[C@@H](Cc1ccc(OC(=O)OC(C)C(C)C)c(OC(=O)OC(C)C(C)C)c1)C(=O)O)OC(=O)C(C)(C)C. The van der Waals surface area contributed by atoms with Crippen molar-refractivity contribution in [3.8, 4) is 11.5 Å². The van der Waals surface area contributed by atoms with Gasteiger partial charge in [0.15, 0.2) is 11.5 Å². The van der Waals surface area contributed by atoms with E-state index >= 15 is 0 Å². The lowest BCUT2D eigenvalue weighted by Crippen LogP contribution is -2.43. The van der Waals surface area contributed by atoms with Gasteiger partial charge in [0.25, 0.3) is 0 Å². The van der Waals surface area contributed by atoms with E-state index in [4.69, 9.17) is 23.7 Å². The lowest BCUT2D eigenvalue weighted by molar-refractivity contribution is -0.157. The molecule has 1 aromatic carbocycles. The summed E-state index contributed by atoms with van der Waals surface area (Å²) in [5.41, 5.74) is -0.219. The zero-order chi connectivity index (χ0) is 30.8. The van der Waals surface area contributed by atoms with Gasteiger partial charge in [-0.3, -0.25) is 9.59 Å². The van der Waals surface area contributed by atoms with Gasteiger partial charge >= 0.3 is 24.2 Å². The van der Waals surface area contributed by atoms with Crippen molar-refractivity contribution < 1.29 is 48.0 Å². The van der Waals surface area contributed by atoms with Gasteiger partial charge in [-0.15, -0.1) is 0 Å². The van der Waals surface area contributed by atoms with Crippen LogP contribution in [0.15, 0.2) is 18.2 Å². The number of benzene rings is 1. The average Bonchev–Trinajstić information content (AvgIpc) is 2.81.